The molecule has 0 amide bonds. The zero-order valence-electron chi connectivity index (χ0n) is 6.90. The molecule has 0 aliphatic carbocycles. The highest BCUT2D eigenvalue weighted by atomic mass is 16.4. The van der Waals surface area contributed by atoms with E-state index in [1.165, 1.54) is 6.20 Å². The van der Waals surface area contributed by atoms with Crippen LogP contribution in [0.1, 0.15) is 19.6 Å². The van der Waals surface area contributed by atoms with Crippen molar-refractivity contribution >= 4 is 12.9 Å². The van der Waals surface area contributed by atoms with Crippen molar-refractivity contribution < 1.29 is 14.5 Å². The Hall–Kier alpha value is -0.805. The molecule has 62 valence electrons. The summed E-state index contributed by atoms with van der Waals surface area (Å²) < 4.78 is 4.73. The van der Waals surface area contributed by atoms with Crippen molar-refractivity contribution in [3.05, 3.63) is 12.0 Å². The molecule has 1 aromatic rings. The summed E-state index contributed by atoms with van der Waals surface area (Å²) in [6.07, 6.45) is 1.43. The molecule has 0 fully saturated rings. The van der Waals surface area contributed by atoms with Crippen LogP contribution in [0.3, 0.4) is 0 Å². The van der Waals surface area contributed by atoms with Crippen LogP contribution < -0.4 is 5.79 Å². The van der Waals surface area contributed by atoms with Gasteiger partial charge in [-0.25, -0.2) is 4.98 Å². The summed E-state index contributed by atoms with van der Waals surface area (Å²) in [5.41, 5.74) is 0. The summed E-state index contributed by atoms with van der Waals surface area (Å²) in [7, 11) is -1.60. The maximum absolute atomic E-state index is 8.44. The molecule has 0 saturated heterocycles. The molecular weight excluding hydrogens is 145 g/mol. The second-order valence-corrected chi connectivity index (χ2v) is 1.68. The van der Waals surface area contributed by atoms with Gasteiger partial charge in [-0.15, -0.1) is 0 Å². The minimum atomic E-state index is -1.60. The lowest BCUT2D eigenvalue weighted by atomic mass is 9.93. The van der Waals surface area contributed by atoms with Crippen molar-refractivity contribution in [3.8, 4) is 0 Å². The van der Waals surface area contributed by atoms with Gasteiger partial charge < -0.3 is 14.5 Å². The lowest BCUT2D eigenvalue weighted by molar-refractivity contribution is 0.404. The van der Waals surface area contributed by atoms with E-state index >= 15 is 0 Å². The Labute approximate surface area is 66.0 Å². The molecule has 1 heterocycles. The molecule has 1 rings (SSSR count). The van der Waals surface area contributed by atoms with Gasteiger partial charge in [-0.2, -0.15) is 0 Å². The summed E-state index contributed by atoms with van der Waals surface area (Å²) in [6, 6.07) is 0. The number of rotatable bonds is 1. The van der Waals surface area contributed by atoms with Crippen LogP contribution in [0.2, 0.25) is 0 Å². The summed E-state index contributed by atoms with van der Waals surface area (Å²) in [5.74, 6) is 0.505. The third-order valence-electron chi connectivity index (χ3n) is 0.860. The van der Waals surface area contributed by atoms with Crippen LogP contribution in [0.25, 0.3) is 0 Å². The highest BCUT2D eigenvalue weighted by Gasteiger charge is 2.16. The predicted octanol–water partition coefficient (Wildman–Crippen LogP) is -0.311. The van der Waals surface area contributed by atoms with Crippen LogP contribution in [0, 0.1) is 6.92 Å². The fourth-order valence-corrected chi connectivity index (χ4v) is 0.492. The fraction of sp³-hybridized carbons (Fsp3) is 0.500. The maximum atomic E-state index is 8.44. The summed E-state index contributed by atoms with van der Waals surface area (Å²) in [5, 5.41) is 16.9. The van der Waals surface area contributed by atoms with Crippen molar-refractivity contribution in [1.29, 1.82) is 0 Å². The molecule has 0 aliphatic heterocycles. The number of aryl methyl sites for hydroxylation is 1. The smallest absolute Gasteiger partial charge is 0.449 e. The van der Waals surface area contributed by atoms with E-state index in [0.717, 1.165) is 0 Å². The van der Waals surface area contributed by atoms with E-state index in [1.54, 1.807) is 6.92 Å². The van der Waals surface area contributed by atoms with E-state index < -0.39 is 7.12 Å². The highest BCUT2D eigenvalue weighted by molar-refractivity contribution is 6.55. The Morgan fingerprint density at radius 3 is 2.18 bits per heavy atom. The molecule has 0 saturated carbocycles. The second kappa shape index (κ2) is 4.93. The first kappa shape index (κ1) is 10.2. The van der Waals surface area contributed by atoms with E-state index in [1.807, 2.05) is 13.8 Å². The van der Waals surface area contributed by atoms with Crippen LogP contribution in [0.4, 0.5) is 0 Å². The minimum absolute atomic E-state index is 0.0625. The summed E-state index contributed by atoms with van der Waals surface area (Å²) in [6.45, 7) is 5.68. The van der Waals surface area contributed by atoms with Crippen LogP contribution in [-0.4, -0.2) is 22.2 Å². The number of nitrogens with zero attached hydrogens (tertiary/aromatic N) is 1. The fourth-order valence-electron chi connectivity index (χ4n) is 0.492. The number of oxazole rings is 1. The molecule has 5 heteroatoms. The van der Waals surface area contributed by atoms with E-state index in [0.29, 0.717) is 5.76 Å². The molecule has 0 spiro atoms. The topological polar surface area (TPSA) is 66.5 Å². The molecule has 11 heavy (non-hydrogen) atoms. The van der Waals surface area contributed by atoms with Gasteiger partial charge in [0.15, 0.2) is 0 Å². The quantitative estimate of drug-likeness (QED) is 0.548. The van der Waals surface area contributed by atoms with Gasteiger partial charge in [-0.3, -0.25) is 0 Å². The zero-order chi connectivity index (χ0) is 8.85. The van der Waals surface area contributed by atoms with Crippen LogP contribution in [-0.2, 0) is 0 Å². The number of aromatic nitrogens is 1. The van der Waals surface area contributed by atoms with E-state index in [4.69, 9.17) is 14.5 Å². The Morgan fingerprint density at radius 2 is 2.00 bits per heavy atom. The molecule has 0 aliphatic rings. The Morgan fingerprint density at radius 1 is 1.45 bits per heavy atom. The summed E-state index contributed by atoms with van der Waals surface area (Å²) in [4.78, 5) is 3.55. The number of hydrogen-bond acceptors (Lipinski definition) is 4. The largest absolute Gasteiger partial charge is 0.548 e. The van der Waals surface area contributed by atoms with Crippen molar-refractivity contribution in [2.24, 2.45) is 0 Å². The molecular formula is C6H12BNO3. The second-order valence-electron chi connectivity index (χ2n) is 1.68. The van der Waals surface area contributed by atoms with Crippen molar-refractivity contribution in [3.63, 3.8) is 0 Å². The zero-order valence-corrected chi connectivity index (χ0v) is 6.90. The Kier molecular flexibility index (Phi) is 4.57. The molecule has 2 N–H and O–H groups in total. The van der Waals surface area contributed by atoms with Crippen LogP contribution in [0.5, 0.6) is 0 Å². The van der Waals surface area contributed by atoms with Gasteiger partial charge in [0.1, 0.15) is 5.76 Å². The lowest BCUT2D eigenvalue weighted by Crippen LogP contribution is -2.30. The molecule has 0 aromatic carbocycles. The molecule has 1 aromatic heterocycles. The highest BCUT2D eigenvalue weighted by Crippen LogP contribution is 1.89. The minimum Gasteiger partial charge on any atom is -0.449 e. The van der Waals surface area contributed by atoms with Gasteiger partial charge in [0.05, 0.1) is 6.20 Å². The Balaban J connectivity index is 0.000000461. The average molecular weight is 157 g/mol. The maximum Gasteiger partial charge on any atom is 0.548 e. The first-order valence-electron chi connectivity index (χ1n) is 3.48. The van der Waals surface area contributed by atoms with Gasteiger partial charge in [-0.05, 0) is 6.92 Å². The predicted molar refractivity (Wildman–Crippen MR) is 42.4 cm³/mol. The van der Waals surface area contributed by atoms with E-state index in [9.17, 15) is 0 Å². The first-order chi connectivity index (χ1) is 5.20. The van der Waals surface area contributed by atoms with Crippen LogP contribution in [0.15, 0.2) is 10.6 Å². The Bertz CT molecular complexity index is 199. The van der Waals surface area contributed by atoms with Crippen LogP contribution >= 0.6 is 0 Å². The SMILES string of the molecule is CC.Cc1cnc(B(O)O)o1. The van der Waals surface area contributed by atoms with Gasteiger partial charge in [0, 0.05) is 0 Å². The third kappa shape index (κ3) is 3.20. The van der Waals surface area contributed by atoms with E-state index in [-0.39, 0.29) is 5.79 Å². The monoisotopic (exact) mass is 157 g/mol. The normalized spacial score (nSPS) is 8.45. The molecule has 0 atom stereocenters. The summed E-state index contributed by atoms with van der Waals surface area (Å²) >= 11 is 0. The van der Waals surface area contributed by atoms with Gasteiger partial charge in [0.25, 0.3) is 0 Å². The van der Waals surface area contributed by atoms with Gasteiger partial charge in [0.2, 0.25) is 5.79 Å². The van der Waals surface area contributed by atoms with Crippen molar-refractivity contribution in [2.45, 2.75) is 20.8 Å². The van der Waals surface area contributed by atoms with Crippen molar-refractivity contribution in [2.75, 3.05) is 0 Å². The average Bonchev–Trinajstić information content (AvgIpc) is 2.40. The molecule has 0 radical (unpaired) electrons. The standard InChI is InChI=1S/C4H6BNO3.C2H6/c1-3-2-6-4(9-3)5(7)8;1-2/h2,7-8H,1H3;1-2H3. The third-order valence-corrected chi connectivity index (χ3v) is 0.860. The number of hydrogen-bond donors (Lipinski definition) is 2. The van der Waals surface area contributed by atoms with E-state index in [2.05, 4.69) is 4.98 Å². The first-order valence-corrected chi connectivity index (χ1v) is 3.48. The van der Waals surface area contributed by atoms with Gasteiger partial charge >= 0.3 is 7.12 Å². The van der Waals surface area contributed by atoms with Crippen molar-refractivity contribution in [1.82, 2.24) is 4.98 Å². The molecule has 0 bridgehead atoms. The molecule has 0 unspecified atom stereocenters. The lowest BCUT2D eigenvalue weighted by Gasteiger charge is -1.86. The van der Waals surface area contributed by atoms with Gasteiger partial charge in [-0.1, -0.05) is 13.8 Å². The molecule has 4 nitrogen and oxygen atoms in total.